The fourth-order valence-electron chi connectivity index (χ4n) is 2.35. The Morgan fingerprint density at radius 2 is 2.04 bits per heavy atom. The number of fused-ring (bicyclic) bond motifs is 1. The van der Waals surface area contributed by atoms with Gasteiger partial charge in [0.1, 0.15) is 18.2 Å². The molecule has 25 heavy (non-hydrogen) atoms. The van der Waals surface area contributed by atoms with Crippen LogP contribution in [0.25, 0.3) is 5.65 Å². The van der Waals surface area contributed by atoms with Gasteiger partial charge in [-0.3, -0.25) is 4.79 Å². The van der Waals surface area contributed by atoms with Crippen LogP contribution >= 0.6 is 0 Å². The molecule has 0 bridgehead atoms. The minimum atomic E-state index is -0.722. The molecule has 0 unspecified atom stereocenters. The van der Waals surface area contributed by atoms with Crippen LogP contribution in [0.4, 0.5) is 0 Å². The van der Waals surface area contributed by atoms with Crippen LogP contribution in [0.5, 0.6) is 0 Å². The first-order valence-electron chi connectivity index (χ1n) is 7.82. The molecule has 2 aromatic heterocycles. The van der Waals surface area contributed by atoms with E-state index in [9.17, 15) is 14.4 Å². The highest BCUT2D eigenvalue weighted by molar-refractivity contribution is 5.95. The Morgan fingerprint density at radius 1 is 1.32 bits per heavy atom. The summed E-state index contributed by atoms with van der Waals surface area (Å²) in [6.07, 6.45) is 3.39. The lowest BCUT2D eigenvalue weighted by Crippen LogP contribution is -2.44. The molecule has 1 amide bonds. The third-order valence-corrected chi connectivity index (χ3v) is 3.58. The van der Waals surface area contributed by atoms with E-state index in [0.29, 0.717) is 16.9 Å². The van der Waals surface area contributed by atoms with Gasteiger partial charge in [-0.05, 0) is 18.1 Å². The van der Waals surface area contributed by atoms with Crippen molar-refractivity contribution in [3.63, 3.8) is 0 Å². The monoisotopic (exact) mass is 347 g/mol. The van der Waals surface area contributed by atoms with E-state index in [-0.39, 0.29) is 18.4 Å². The molecule has 8 nitrogen and oxygen atoms in total. The number of hydrogen-bond acceptors (Lipinski definition) is 6. The fourth-order valence-corrected chi connectivity index (χ4v) is 2.35. The van der Waals surface area contributed by atoms with E-state index in [1.165, 1.54) is 14.0 Å². The Morgan fingerprint density at radius 3 is 2.64 bits per heavy atom. The van der Waals surface area contributed by atoms with Gasteiger partial charge in [-0.1, -0.05) is 13.8 Å². The van der Waals surface area contributed by atoms with Crippen LogP contribution in [0, 0.1) is 5.92 Å². The topological polar surface area (TPSA) is 99.0 Å². The number of pyridine rings is 1. The highest BCUT2D eigenvalue weighted by Gasteiger charge is 2.25. The number of aromatic nitrogens is 2. The normalized spacial score (nSPS) is 12.0. The average Bonchev–Trinajstić information content (AvgIpc) is 2.99. The molecule has 0 saturated heterocycles. The second-order valence-corrected chi connectivity index (χ2v) is 5.91. The van der Waals surface area contributed by atoms with Crippen LogP contribution in [-0.2, 0) is 25.7 Å². The number of nitrogens with one attached hydrogen (secondary N) is 1. The fraction of sp³-hybridized carbons (Fsp3) is 0.412. The van der Waals surface area contributed by atoms with E-state index < -0.39 is 18.0 Å². The largest absolute Gasteiger partial charge is 0.465 e. The van der Waals surface area contributed by atoms with Gasteiger partial charge in [-0.2, -0.15) is 0 Å². The zero-order valence-electron chi connectivity index (χ0n) is 14.6. The van der Waals surface area contributed by atoms with Gasteiger partial charge in [0.05, 0.1) is 12.8 Å². The third-order valence-electron chi connectivity index (χ3n) is 3.58. The molecule has 1 N–H and O–H groups in total. The predicted octanol–water partition coefficient (Wildman–Crippen LogP) is 1.32. The van der Waals surface area contributed by atoms with Crippen molar-refractivity contribution >= 4 is 23.5 Å². The van der Waals surface area contributed by atoms with Gasteiger partial charge in [-0.25, -0.2) is 14.6 Å². The molecule has 0 fully saturated rings. The SMILES string of the molecule is COC(=O)c1cccn2cc(COC(=O)[C@H](NC(C)=O)C(C)C)nc12. The smallest absolute Gasteiger partial charge is 0.341 e. The van der Waals surface area contributed by atoms with E-state index in [4.69, 9.17) is 9.47 Å². The summed E-state index contributed by atoms with van der Waals surface area (Å²) < 4.78 is 11.6. The Kier molecular flexibility index (Phi) is 5.74. The van der Waals surface area contributed by atoms with E-state index >= 15 is 0 Å². The van der Waals surface area contributed by atoms with E-state index in [0.717, 1.165) is 0 Å². The first-order chi connectivity index (χ1) is 11.8. The summed E-state index contributed by atoms with van der Waals surface area (Å²) in [4.78, 5) is 39.5. The van der Waals surface area contributed by atoms with Crippen LogP contribution in [0.2, 0.25) is 0 Å². The van der Waals surface area contributed by atoms with Gasteiger partial charge < -0.3 is 19.2 Å². The van der Waals surface area contributed by atoms with Crippen molar-refractivity contribution in [2.24, 2.45) is 5.92 Å². The quantitative estimate of drug-likeness (QED) is 0.792. The Labute approximate surface area is 145 Å². The molecule has 0 saturated carbocycles. The zero-order chi connectivity index (χ0) is 18.6. The summed E-state index contributed by atoms with van der Waals surface area (Å²) in [6.45, 7) is 4.91. The minimum Gasteiger partial charge on any atom is -0.465 e. The lowest BCUT2D eigenvalue weighted by Gasteiger charge is -2.19. The number of rotatable bonds is 6. The summed E-state index contributed by atoms with van der Waals surface area (Å²) in [7, 11) is 1.30. The highest BCUT2D eigenvalue weighted by atomic mass is 16.5. The zero-order valence-corrected chi connectivity index (χ0v) is 14.6. The molecule has 0 radical (unpaired) electrons. The van der Waals surface area contributed by atoms with Gasteiger partial charge in [0.2, 0.25) is 5.91 Å². The molecule has 0 aromatic carbocycles. The van der Waals surface area contributed by atoms with Crippen molar-refractivity contribution in [2.75, 3.05) is 7.11 Å². The van der Waals surface area contributed by atoms with Crippen molar-refractivity contribution in [3.05, 3.63) is 35.8 Å². The van der Waals surface area contributed by atoms with Gasteiger partial charge >= 0.3 is 11.9 Å². The van der Waals surface area contributed by atoms with Crippen LogP contribution < -0.4 is 5.32 Å². The van der Waals surface area contributed by atoms with Gasteiger partial charge in [0, 0.05) is 19.3 Å². The van der Waals surface area contributed by atoms with Gasteiger partial charge in [0.25, 0.3) is 0 Å². The van der Waals surface area contributed by atoms with E-state index in [1.54, 1.807) is 28.9 Å². The minimum absolute atomic E-state index is 0.0655. The molecule has 2 aromatic rings. The van der Waals surface area contributed by atoms with E-state index in [1.807, 2.05) is 13.8 Å². The molecule has 0 spiro atoms. The van der Waals surface area contributed by atoms with Crippen LogP contribution in [0.1, 0.15) is 36.8 Å². The molecule has 1 atom stereocenters. The number of imidazole rings is 1. The Hall–Kier alpha value is -2.90. The molecule has 2 heterocycles. The standard InChI is InChI=1S/C17H21N3O5/c1-10(2)14(18-11(3)21)17(23)25-9-12-8-20-7-5-6-13(15(20)19-12)16(22)24-4/h5-8,10,14H,9H2,1-4H3,(H,18,21)/t14-/m1/s1. The molecule has 0 aliphatic rings. The molecular formula is C17H21N3O5. The highest BCUT2D eigenvalue weighted by Crippen LogP contribution is 2.14. The number of carbonyl (C=O) groups excluding carboxylic acids is 3. The number of amides is 1. The number of nitrogens with zero attached hydrogens (tertiary/aromatic N) is 2. The molecule has 2 rings (SSSR count). The van der Waals surface area contributed by atoms with Crippen LogP contribution in [0.3, 0.4) is 0 Å². The summed E-state index contributed by atoms with van der Waals surface area (Å²) in [5.74, 6) is -1.43. The first-order valence-corrected chi connectivity index (χ1v) is 7.82. The number of methoxy groups -OCH3 is 1. The maximum atomic E-state index is 12.2. The summed E-state index contributed by atoms with van der Waals surface area (Å²) in [6, 6.07) is 2.58. The first kappa shape index (κ1) is 18.4. The van der Waals surface area contributed by atoms with Crippen molar-refractivity contribution in [2.45, 2.75) is 33.4 Å². The van der Waals surface area contributed by atoms with Crippen LogP contribution in [0.15, 0.2) is 24.5 Å². The second-order valence-electron chi connectivity index (χ2n) is 5.91. The Balaban J connectivity index is 2.14. The van der Waals surface area contributed by atoms with Crippen molar-refractivity contribution in [1.82, 2.24) is 14.7 Å². The molecular weight excluding hydrogens is 326 g/mol. The van der Waals surface area contributed by atoms with Gasteiger partial charge in [0.15, 0.2) is 5.65 Å². The molecule has 8 heteroatoms. The number of hydrogen-bond donors (Lipinski definition) is 1. The summed E-state index contributed by atoms with van der Waals surface area (Å²) in [5, 5.41) is 2.57. The summed E-state index contributed by atoms with van der Waals surface area (Å²) >= 11 is 0. The predicted molar refractivity (Wildman–Crippen MR) is 88.8 cm³/mol. The lowest BCUT2D eigenvalue weighted by molar-refractivity contribution is -0.150. The summed E-state index contributed by atoms with van der Waals surface area (Å²) in [5.41, 5.74) is 1.22. The average molecular weight is 347 g/mol. The molecule has 0 aliphatic heterocycles. The van der Waals surface area contributed by atoms with Crippen molar-refractivity contribution < 1.29 is 23.9 Å². The molecule has 134 valence electrons. The second kappa shape index (κ2) is 7.78. The van der Waals surface area contributed by atoms with Crippen molar-refractivity contribution in [3.8, 4) is 0 Å². The lowest BCUT2D eigenvalue weighted by atomic mass is 10.0. The number of esters is 2. The molecule has 0 aliphatic carbocycles. The number of ether oxygens (including phenoxy) is 2. The maximum Gasteiger partial charge on any atom is 0.341 e. The number of carbonyl (C=O) groups is 3. The maximum absolute atomic E-state index is 12.2. The van der Waals surface area contributed by atoms with Crippen LogP contribution in [-0.4, -0.2) is 40.4 Å². The third kappa shape index (κ3) is 4.34. The van der Waals surface area contributed by atoms with Crippen molar-refractivity contribution in [1.29, 1.82) is 0 Å². The van der Waals surface area contributed by atoms with Gasteiger partial charge in [-0.15, -0.1) is 0 Å². The Bertz CT molecular complexity index is 797. The van der Waals surface area contributed by atoms with E-state index in [2.05, 4.69) is 10.3 Å².